The number of nitrogens with zero attached hydrogens (tertiary/aromatic N) is 3. The summed E-state index contributed by atoms with van der Waals surface area (Å²) in [5, 5.41) is 12.3. The van der Waals surface area contributed by atoms with Crippen molar-refractivity contribution in [2.45, 2.75) is 57.1 Å². The molecule has 0 bridgehead atoms. The Balaban J connectivity index is 1.89. The molecule has 6 nitrogen and oxygen atoms in total. The highest BCUT2D eigenvalue weighted by molar-refractivity contribution is 7.99. The number of unbranched alkanes of at least 4 members (excludes halogenated alkanes) is 4. The van der Waals surface area contributed by atoms with Crippen LogP contribution in [0.4, 0.5) is 5.69 Å². The van der Waals surface area contributed by atoms with Gasteiger partial charge in [-0.3, -0.25) is 4.79 Å². The van der Waals surface area contributed by atoms with Crippen molar-refractivity contribution < 1.29 is 9.53 Å². The maximum Gasteiger partial charge on any atom is 0.234 e. The van der Waals surface area contributed by atoms with Gasteiger partial charge in [-0.1, -0.05) is 56.5 Å². The number of allylic oxidation sites excluding steroid dienone is 1. The molecule has 0 aliphatic carbocycles. The third kappa shape index (κ3) is 7.03. The first-order chi connectivity index (χ1) is 13.7. The average molecular weight is 403 g/mol. The summed E-state index contributed by atoms with van der Waals surface area (Å²) in [6.45, 7) is 6.70. The SMILES string of the molecule is C=CCn1c(CCCCCCC)nnc1SCC(=O)Nc1cccc(OC)c1. The van der Waals surface area contributed by atoms with E-state index in [0.717, 1.165) is 23.8 Å². The van der Waals surface area contributed by atoms with Gasteiger partial charge in [-0.2, -0.15) is 0 Å². The molecule has 0 atom stereocenters. The van der Waals surface area contributed by atoms with Crippen LogP contribution >= 0.6 is 11.8 Å². The molecule has 28 heavy (non-hydrogen) atoms. The molecule has 0 fully saturated rings. The van der Waals surface area contributed by atoms with Gasteiger partial charge >= 0.3 is 0 Å². The van der Waals surface area contributed by atoms with Crippen LogP contribution in [-0.4, -0.2) is 33.5 Å². The zero-order valence-corrected chi connectivity index (χ0v) is 17.6. The summed E-state index contributed by atoms with van der Waals surface area (Å²) in [5.74, 6) is 1.85. The number of anilines is 1. The monoisotopic (exact) mass is 402 g/mol. The fourth-order valence-corrected chi connectivity index (χ4v) is 3.60. The van der Waals surface area contributed by atoms with E-state index in [-0.39, 0.29) is 11.7 Å². The van der Waals surface area contributed by atoms with Crippen LogP contribution in [0.15, 0.2) is 42.1 Å². The van der Waals surface area contributed by atoms with E-state index in [1.807, 2.05) is 24.3 Å². The molecule has 0 saturated heterocycles. The summed E-state index contributed by atoms with van der Waals surface area (Å²) in [6.07, 6.45) is 8.84. The van der Waals surface area contributed by atoms with Crippen molar-refractivity contribution in [3.8, 4) is 5.75 Å². The maximum absolute atomic E-state index is 12.3. The number of ether oxygens (including phenoxy) is 1. The number of aromatic nitrogens is 3. The van der Waals surface area contributed by atoms with Crippen LogP contribution in [0, 0.1) is 0 Å². The minimum absolute atomic E-state index is 0.0903. The van der Waals surface area contributed by atoms with Gasteiger partial charge in [-0.25, -0.2) is 0 Å². The molecule has 2 aromatic rings. The number of thioether (sulfide) groups is 1. The topological polar surface area (TPSA) is 69.0 Å². The van der Waals surface area contributed by atoms with Gasteiger partial charge in [0, 0.05) is 24.7 Å². The van der Waals surface area contributed by atoms with E-state index >= 15 is 0 Å². The minimum atomic E-state index is -0.0903. The molecule has 0 aliphatic heterocycles. The van der Waals surface area contributed by atoms with E-state index in [4.69, 9.17) is 4.74 Å². The highest BCUT2D eigenvalue weighted by atomic mass is 32.2. The average Bonchev–Trinajstić information content (AvgIpc) is 3.08. The van der Waals surface area contributed by atoms with Gasteiger partial charge in [0.15, 0.2) is 5.16 Å². The van der Waals surface area contributed by atoms with Crippen LogP contribution in [-0.2, 0) is 17.8 Å². The molecule has 1 heterocycles. The van der Waals surface area contributed by atoms with E-state index in [9.17, 15) is 4.79 Å². The number of amides is 1. The van der Waals surface area contributed by atoms with Crippen LogP contribution in [0.2, 0.25) is 0 Å². The molecule has 7 heteroatoms. The molecule has 0 aliphatic rings. The van der Waals surface area contributed by atoms with Gasteiger partial charge in [0.25, 0.3) is 0 Å². The molecule has 1 aromatic carbocycles. The summed E-state index contributed by atoms with van der Waals surface area (Å²) in [4.78, 5) is 12.3. The van der Waals surface area contributed by atoms with Crippen LogP contribution in [0.3, 0.4) is 0 Å². The van der Waals surface area contributed by atoms with Crippen LogP contribution in [0.25, 0.3) is 0 Å². The number of hydrogen-bond donors (Lipinski definition) is 1. The van der Waals surface area contributed by atoms with Crippen LogP contribution in [0.1, 0.15) is 44.9 Å². The van der Waals surface area contributed by atoms with E-state index < -0.39 is 0 Å². The molecule has 1 N–H and O–H groups in total. The molecule has 0 radical (unpaired) electrons. The Labute approximate surface area is 171 Å². The first-order valence-electron chi connectivity index (χ1n) is 9.77. The number of carbonyl (C=O) groups is 1. The van der Waals surface area contributed by atoms with Crippen molar-refractivity contribution in [3.63, 3.8) is 0 Å². The second kappa shape index (κ2) is 12.2. The van der Waals surface area contributed by atoms with E-state index in [0.29, 0.717) is 18.0 Å². The highest BCUT2D eigenvalue weighted by Gasteiger charge is 2.13. The normalized spacial score (nSPS) is 10.6. The molecular weight excluding hydrogens is 372 g/mol. The first kappa shape index (κ1) is 22.0. The Morgan fingerprint density at radius 1 is 1.29 bits per heavy atom. The number of nitrogens with one attached hydrogen (secondary N) is 1. The molecule has 2 rings (SSSR count). The summed E-state index contributed by atoms with van der Waals surface area (Å²) >= 11 is 1.39. The number of methoxy groups -OCH3 is 1. The number of hydrogen-bond acceptors (Lipinski definition) is 5. The zero-order valence-electron chi connectivity index (χ0n) is 16.8. The largest absolute Gasteiger partial charge is 0.497 e. The fourth-order valence-electron chi connectivity index (χ4n) is 2.84. The lowest BCUT2D eigenvalue weighted by molar-refractivity contribution is -0.113. The van der Waals surface area contributed by atoms with E-state index in [1.165, 1.54) is 37.4 Å². The smallest absolute Gasteiger partial charge is 0.234 e. The molecule has 0 saturated carbocycles. The molecule has 0 spiro atoms. The third-order valence-electron chi connectivity index (χ3n) is 4.29. The predicted molar refractivity (Wildman–Crippen MR) is 115 cm³/mol. The molecule has 1 amide bonds. The van der Waals surface area contributed by atoms with Crippen LogP contribution < -0.4 is 10.1 Å². The summed E-state index contributed by atoms with van der Waals surface area (Å²) in [6, 6.07) is 7.31. The Morgan fingerprint density at radius 3 is 2.86 bits per heavy atom. The zero-order chi connectivity index (χ0) is 20.2. The Hall–Kier alpha value is -2.28. The van der Waals surface area contributed by atoms with E-state index in [1.54, 1.807) is 13.2 Å². The van der Waals surface area contributed by atoms with Crippen LogP contribution in [0.5, 0.6) is 5.75 Å². The summed E-state index contributed by atoms with van der Waals surface area (Å²) in [7, 11) is 1.60. The van der Waals surface area contributed by atoms with Crippen molar-refractivity contribution in [3.05, 3.63) is 42.7 Å². The van der Waals surface area contributed by atoms with Gasteiger partial charge in [0.05, 0.1) is 12.9 Å². The molecule has 0 unspecified atom stereocenters. The molecule has 1 aromatic heterocycles. The lowest BCUT2D eigenvalue weighted by Crippen LogP contribution is -2.14. The van der Waals surface area contributed by atoms with Gasteiger partial charge < -0.3 is 14.6 Å². The van der Waals surface area contributed by atoms with Gasteiger partial charge in [0.1, 0.15) is 11.6 Å². The van der Waals surface area contributed by atoms with Gasteiger partial charge in [-0.05, 0) is 18.6 Å². The minimum Gasteiger partial charge on any atom is -0.497 e. The van der Waals surface area contributed by atoms with Gasteiger partial charge in [-0.15, -0.1) is 16.8 Å². The highest BCUT2D eigenvalue weighted by Crippen LogP contribution is 2.20. The van der Waals surface area contributed by atoms with Crippen molar-refractivity contribution in [2.24, 2.45) is 0 Å². The standard InChI is InChI=1S/C21H30N4O2S/c1-4-6-7-8-9-13-19-23-24-21(25(19)14-5-2)28-16-20(26)22-17-11-10-12-18(15-17)27-3/h5,10-12,15H,2,4,6-9,13-14,16H2,1,3H3,(H,22,26). The second-order valence-electron chi connectivity index (χ2n) is 6.53. The lowest BCUT2D eigenvalue weighted by Gasteiger charge is -2.09. The predicted octanol–water partition coefficient (Wildman–Crippen LogP) is 4.72. The Bertz CT molecular complexity index is 761. The first-order valence-corrected chi connectivity index (χ1v) is 10.8. The summed E-state index contributed by atoms with van der Waals surface area (Å²) in [5.41, 5.74) is 0.713. The Morgan fingerprint density at radius 2 is 2.11 bits per heavy atom. The second-order valence-corrected chi connectivity index (χ2v) is 7.47. The van der Waals surface area contributed by atoms with Crippen molar-refractivity contribution >= 4 is 23.4 Å². The Kier molecular flexibility index (Phi) is 9.62. The van der Waals surface area contributed by atoms with Gasteiger partial charge in [0.2, 0.25) is 5.91 Å². The fraction of sp³-hybridized carbons (Fsp3) is 0.476. The maximum atomic E-state index is 12.3. The van der Waals surface area contributed by atoms with Crippen molar-refractivity contribution in [1.82, 2.24) is 14.8 Å². The van der Waals surface area contributed by atoms with Crippen molar-refractivity contribution in [1.29, 1.82) is 0 Å². The molecular formula is C21H30N4O2S. The number of benzene rings is 1. The number of aryl methyl sites for hydroxylation is 1. The molecule has 152 valence electrons. The quantitative estimate of drug-likeness (QED) is 0.298. The summed E-state index contributed by atoms with van der Waals surface area (Å²) < 4.78 is 7.23. The van der Waals surface area contributed by atoms with E-state index in [2.05, 4.69) is 33.6 Å². The lowest BCUT2D eigenvalue weighted by atomic mass is 10.1. The number of rotatable bonds is 13. The van der Waals surface area contributed by atoms with Crippen molar-refractivity contribution in [2.75, 3.05) is 18.2 Å². The number of carbonyl (C=O) groups excluding carboxylic acids is 1. The third-order valence-corrected chi connectivity index (χ3v) is 5.26.